The molecule has 2 unspecified atom stereocenters. The molecule has 0 heterocycles. The van der Waals surface area contributed by atoms with Crippen LogP contribution in [0, 0.1) is 0 Å². The van der Waals surface area contributed by atoms with Crippen LogP contribution in [-0.2, 0) is 19.1 Å². The number of nitrogens with two attached hydrogens (primary N) is 1. The number of nitrogens with one attached hydrogen (secondary N) is 1. The summed E-state index contributed by atoms with van der Waals surface area (Å²) in [5.41, 5.74) is 5.47. The molecule has 0 saturated carbocycles. The highest BCUT2D eigenvalue weighted by Gasteiger charge is 2.19. The molecule has 4 N–H and O–H groups in total. The maximum atomic E-state index is 12.7. The number of carbonyl (C=O) groups is 3. The van der Waals surface area contributed by atoms with Crippen LogP contribution in [0.2, 0.25) is 0 Å². The monoisotopic (exact) mass is 677 g/mol. The van der Waals surface area contributed by atoms with E-state index in [-0.39, 0.29) is 18.0 Å². The van der Waals surface area contributed by atoms with Crippen molar-refractivity contribution in [2.45, 2.75) is 212 Å². The summed E-state index contributed by atoms with van der Waals surface area (Å²) in [5.74, 6) is -1.24. The SMILES string of the molecule is CCCCC/C=C\C/C=C\CCCCCCCC(=O)OC(CCCCCCCCC)CCCCCCCC(=O)NC(CCCN)C(=O)O. The van der Waals surface area contributed by atoms with Gasteiger partial charge in [-0.25, -0.2) is 4.79 Å². The topological polar surface area (TPSA) is 119 Å². The van der Waals surface area contributed by atoms with Crippen molar-refractivity contribution < 1.29 is 24.2 Å². The number of allylic oxidation sites excluding steroid dienone is 4. The number of aliphatic carboxylic acids is 1. The lowest BCUT2D eigenvalue weighted by atomic mass is 10.0. The van der Waals surface area contributed by atoms with E-state index in [0.717, 1.165) is 77.0 Å². The molecule has 0 rings (SSSR count). The van der Waals surface area contributed by atoms with E-state index in [1.807, 2.05) is 0 Å². The predicted molar refractivity (Wildman–Crippen MR) is 202 cm³/mol. The molecule has 0 aliphatic heterocycles. The minimum atomic E-state index is -1.01. The minimum absolute atomic E-state index is 0.0124. The highest BCUT2D eigenvalue weighted by Crippen LogP contribution is 2.18. The number of esters is 1. The molecule has 48 heavy (non-hydrogen) atoms. The molecule has 0 fully saturated rings. The zero-order chi connectivity index (χ0) is 35.3. The summed E-state index contributed by atoms with van der Waals surface area (Å²) < 4.78 is 6.00. The second-order valence-corrected chi connectivity index (χ2v) is 13.7. The molecule has 0 radical (unpaired) electrons. The van der Waals surface area contributed by atoms with Gasteiger partial charge in [-0.1, -0.05) is 128 Å². The zero-order valence-corrected chi connectivity index (χ0v) is 31.3. The van der Waals surface area contributed by atoms with Crippen molar-refractivity contribution in [1.29, 1.82) is 0 Å². The van der Waals surface area contributed by atoms with Gasteiger partial charge in [0.05, 0.1) is 0 Å². The predicted octanol–water partition coefficient (Wildman–Crippen LogP) is 10.9. The highest BCUT2D eigenvalue weighted by atomic mass is 16.5. The largest absolute Gasteiger partial charge is 0.480 e. The van der Waals surface area contributed by atoms with Gasteiger partial charge in [-0.3, -0.25) is 9.59 Å². The summed E-state index contributed by atoms with van der Waals surface area (Å²) in [6, 6.07) is -0.855. The Morgan fingerprint density at radius 2 is 1.08 bits per heavy atom. The summed E-state index contributed by atoms with van der Waals surface area (Å²) in [6.07, 6.45) is 39.3. The summed E-state index contributed by atoms with van der Waals surface area (Å²) in [6.45, 7) is 4.90. The average Bonchev–Trinajstić information content (AvgIpc) is 3.07. The number of hydrogen-bond acceptors (Lipinski definition) is 5. The first-order valence-corrected chi connectivity index (χ1v) is 20.2. The van der Waals surface area contributed by atoms with Gasteiger partial charge in [0.1, 0.15) is 12.1 Å². The van der Waals surface area contributed by atoms with Crippen molar-refractivity contribution in [2.75, 3.05) is 6.54 Å². The summed E-state index contributed by atoms with van der Waals surface area (Å²) in [4.78, 5) is 36.2. The molecular weight excluding hydrogens is 600 g/mol. The van der Waals surface area contributed by atoms with E-state index in [9.17, 15) is 19.5 Å². The maximum absolute atomic E-state index is 12.7. The van der Waals surface area contributed by atoms with Crippen molar-refractivity contribution in [1.82, 2.24) is 5.32 Å². The molecular formula is C41H76N2O5. The van der Waals surface area contributed by atoms with Crippen LogP contribution in [0.5, 0.6) is 0 Å². The Morgan fingerprint density at radius 1 is 0.604 bits per heavy atom. The van der Waals surface area contributed by atoms with Gasteiger partial charge in [-0.2, -0.15) is 0 Å². The van der Waals surface area contributed by atoms with Crippen molar-refractivity contribution in [2.24, 2.45) is 5.73 Å². The van der Waals surface area contributed by atoms with Crippen LogP contribution in [0.25, 0.3) is 0 Å². The molecule has 1 amide bonds. The molecule has 0 aromatic rings. The molecule has 280 valence electrons. The van der Waals surface area contributed by atoms with Crippen LogP contribution in [-0.4, -0.2) is 41.6 Å². The Balaban J connectivity index is 4.22. The van der Waals surface area contributed by atoms with E-state index in [1.165, 1.54) is 83.5 Å². The number of carboxylic acid groups (broad SMARTS) is 1. The summed E-state index contributed by atoms with van der Waals surface area (Å²) >= 11 is 0. The Kier molecular flexibility index (Phi) is 34.5. The lowest BCUT2D eigenvalue weighted by Crippen LogP contribution is -2.40. The Morgan fingerprint density at radius 3 is 1.65 bits per heavy atom. The molecule has 7 nitrogen and oxygen atoms in total. The molecule has 2 atom stereocenters. The van der Waals surface area contributed by atoms with Gasteiger partial charge >= 0.3 is 11.9 Å². The number of hydrogen-bond donors (Lipinski definition) is 3. The van der Waals surface area contributed by atoms with E-state index in [1.54, 1.807) is 0 Å². The normalized spacial score (nSPS) is 12.9. The third-order valence-electron chi connectivity index (χ3n) is 9.02. The van der Waals surface area contributed by atoms with Crippen molar-refractivity contribution >= 4 is 17.8 Å². The van der Waals surface area contributed by atoms with E-state index in [2.05, 4.69) is 43.5 Å². The Hall–Kier alpha value is -2.15. The van der Waals surface area contributed by atoms with Crippen LogP contribution in [0.4, 0.5) is 0 Å². The number of carbonyl (C=O) groups excluding carboxylic acids is 2. The second-order valence-electron chi connectivity index (χ2n) is 13.7. The third kappa shape index (κ3) is 32.4. The standard InChI is InChI=1S/C41H76N2O5/c1-3-5-7-9-11-12-13-14-15-16-17-18-20-25-29-35-40(45)48-37(31-26-22-19-10-8-6-4-2)32-27-23-21-24-28-34-39(44)43-38(41(46)47)33-30-36-42/h11-12,14-15,37-38H,3-10,13,16-36,42H2,1-2H3,(H,43,44)(H,46,47)/b12-11-,15-14-. The van der Waals surface area contributed by atoms with Gasteiger partial charge in [-0.05, 0) is 90.0 Å². The second kappa shape index (κ2) is 36.1. The van der Waals surface area contributed by atoms with Crippen LogP contribution >= 0.6 is 0 Å². The van der Waals surface area contributed by atoms with Gasteiger partial charge in [0, 0.05) is 12.8 Å². The van der Waals surface area contributed by atoms with Gasteiger partial charge in [0.15, 0.2) is 0 Å². The summed E-state index contributed by atoms with van der Waals surface area (Å²) in [7, 11) is 0. The molecule has 7 heteroatoms. The third-order valence-corrected chi connectivity index (χ3v) is 9.02. The molecule has 0 aromatic carbocycles. The highest BCUT2D eigenvalue weighted by molar-refractivity contribution is 5.83. The van der Waals surface area contributed by atoms with Crippen molar-refractivity contribution in [3.8, 4) is 0 Å². The van der Waals surface area contributed by atoms with E-state index in [0.29, 0.717) is 32.2 Å². The van der Waals surface area contributed by atoms with Crippen molar-refractivity contribution in [3.63, 3.8) is 0 Å². The maximum Gasteiger partial charge on any atom is 0.326 e. The van der Waals surface area contributed by atoms with E-state index >= 15 is 0 Å². The van der Waals surface area contributed by atoms with Gasteiger partial charge in [0.25, 0.3) is 0 Å². The van der Waals surface area contributed by atoms with Gasteiger partial charge < -0.3 is 20.9 Å². The molecule has 0 spiro atoms. The molecule has 0 saturated heterocycles. The van der Waals surface area contributed by atoms with Gasteiger partial charge in [-0.15, -0.1) is 0 Å². The molecule has 0 aliphatic carbocycles. The number of amides is 1. The minimum Gasteiger partial charge on any atom is -0.480 e. The zero-order valence-electron chi connectivity index (χ0n) is 31.3. The van der Waals surface area contributed by atoms with Crippen LogP contribution in [0.15, 0.2) is 24.3 Å². The first kappa shape index (κ1) is 45.9. The van der Waals surface area contributed by atoms with Crippen LogP contribution < -0.4 is 11.1 Å². The Labute approximate surface area is 295 Å². The number of carboxylic acids is 1. The quantitative estimate of drug-likeness (QED) is 0.0345. The van der Waals surface area contributed by atoms with Gasteiger partial charge in [0.2, 0.25) is 5.91 Å². The fraction of sp³-hybridized carbons (Fsp3) is 0.829. The number of ether oxygens (including phenoxy) is 1. The van der Waals surface area contributed by atoms with Crippen LogP contribution in [0.3, 0.4) is 0 Å². The lowest BCUT2D eigenvalue weighted by Gasteiger charge is -2.18. The number of rotatable bonds is 36. The fourth-order valence-corrected chi connectivity index (χ4v) is 5.95. The molecule has 0 aliphatic rings. The van der Waals surface area contributed by atoms with Crippen LogP contribution in [0.1, 0.15) is 200 Å². The molecule has 0 bridgehead atoms. The molecule has 0 aromatic heterocycles. The lowest BCUT2D eigenvalue weighted by molar-refractivity contribution is -0.150. The van der Waals surface area contributed by atoms with E-state index in [4.69, 9.17) is 10.5 Å². The Bertz CT molecular complexity index is 813. The summed E-state index contributed by atoms with van der Waals surface area (Å²) in [5, 5.41) is 11.9. The number of unbranched alkanes of at least 4 members (excludes halogenated alkanes) is 18. The van der Waals surface area contributed by atoms with E-state index < -0.39 is 12.0 Å². The first-order valence-electron chi connectivity index (χ1n) is 20.2. The first-order chi connectivity index (χ1) is 23.4. The average molecular weight is 677 g/mol. The smallest absolute Gasteiger partial charge is 0.326 e. The van der Waals surface area contributed by atoms with Crippen molar-refractivity contribution in [3.05, 3.63) is 24.3 Å². The fourth-order valence-electron chi connectivity index (χ4n) is 5.95.